The third kappa shape index (κ3) is 4.64. The Labute approximate surface area is 176 Å². The molecule has 2 aromatic carbocycles. The minimum absolute atomic E-state index is 0.00654. The topological polar surface area (TPSA) is 86.7 Å². The van der Waals surface area contributed by atoms with Crippen LogP contribution in [-0.4, -0.2) is 42.4 Å². The van der Waals surface area contributed by atoms with E-state index in [0.29, 0.717) is 11.6 Å². The van der Waals surface area contributed by atoms with E-state index in [-0.39, 0.29) is 35.8 Å². The van der Waals surface area contributed by atoms with Crippen LogP contribution in [0.4, 0.5) is 5.69 Å². The summed E-state index contributed by atoms with van der Waals surface area (Å²) in [6.07, 6.45) is 0.0131. The van der Waals surface area contributed by atoms with Crippen molar-refractivity contribution in [3.05, 3.63) is 59.1 Å². The van der Waals surface area contributed by atoms with Gasteiger partial charge in [-0.1, -0.05) is 49.7 Å². The number of anilines is 1. The molecule has 0 bridgehead atoms. The van der Waals surface area contributed by atoms with Gasteiger partial charge in [-0.3, -0.25) is 4.79 Å². The number of nitrogens with zero attached hydrogens (tertiary/aromatic N) is 1. The Balaban J connectivity index is 1.67. The normalized spacial score (nSPS) is 17.3. The number of benzene rings is 2. The summed E-state index contributed by atoms with van der Waals surface area (Å²) in [6.45, 7) is 4.23. The zero-order chi connectivity index (χ0) is 21.2. The summed E-state index contributed by atoms with van der Waals surface area (Å²) in [5.74, 6) is -0.141. The van der Waals surface area contributed by atoms with Crippen molar-refractivity contribution in [1.82, 2.24) is 4.31 Å². The van der Waals surface area contributed by atoms with E-state index in [2.05, 4.69) is 19.2 Å². The van der Waals surface area contributed by atoms with Gasteiger partial charge in [0.05, 0.1) is 5.02 Å². The molecule has 1 heterocycles. The number of hydrogen-bond donors (Lipinski definition) is 2. The van der Waals surface area contributed by atoms with Crippen LogP contribution in [0.5, 0.6) is 0 Å². The average Bonchev–Trinajstić information content (AvgIpc) is 2.69. The van der Waals surface area contributed by atoms with Crippen molar-refractivity contribution in [2.24, 2.45) is 0 Å². The second kappa shape index (κ2) is 8.44. The van der Waals surface area contributed by atoms with Crippen LogP contribution < -0.4 is 5.32 Å². The number of amides is 1. The highest BCUT2D eigenvalue weighted by Gasteiger charge is 2.42. The van der Waals surface area contributed by atoms with Gasteiger partial charge in [0.15, 0.2) is 0 Å². The Hall–Kier alpha value is -1.93. The second-order valence-corrected chi connectivity index (χ2v) is 9.91. The molecule has 0 atom stereocenters. The number of piperidine rings is 1. The lowest BCUT2D eigenvalue weighted by Gasteiger charge is -2.36. The minimum Gasteiger partial charge on any atom is -0.380 e. The Kier molecular flexibility index (Phi) is 6.33. The summed E-state index contributed by atoms with van der Waals surface area (Å²) in [7, 11) is -3.78. The van der Waals surface area contributed by atoms with Gasteiger partial charge in [0.2, 0.25) is 10.0 Å². The monoisotopic (exact) mass is 436 g/mol. The molecule has 1 saturated heterocycles. The van der Waals surface area contributed by atoms with E-state index in [1.165, 1.54) is 16.4 Å². The SMILES string of the molecule is CC(C)c1ccc(NC(=O)C2(O)CCN(S(=O)(=O)c3ccccc3Cl)CC2)cc1. The maximum absolute atomic E-state index is 12.8. The predicted molar refractivity (Wildman–Crippen MR) is 114 cm³/mol. The van der Waals surface area contributed by atoms with Gasteiger partial charge < -0.3 is 10.4 Å². The van der Waals surface area contributed by atoms with E-state index in [1.807, 2.05) is 12.1 Å². The van der Waals surface area contributed by atoms with E-state index in [4.69, 9.17) is 11.6 Å². The fourth-order valence-corrected chi connectivity index (χ4v) is 5.25. The Morgan fingerprint density at radius 1 is 1.10 bits per heavy atom. The highest BCUT2D eigenvalue weighted by atomic mass is 35.5. The van der Waals surface area contributed by atoms with Crippen molar-refractivity contribution in [3.63, 3.8) is 0 Å². The predicted octanol–water partition coefficient (Wildman–Crippen LogP) is 3.62. The van der Waals surface area contributed by atoms with Crippen LogP contribution in [0, 0.1) is 0 Å². The molecule has 0 unspecified atom stereocenters. The molecule has 2 aromatic rings. The first-order valence-electron chi connectivity index (χ1n) is 9.52. The van der Waals surface area contributed by atoms with Crippen molar-refractivity contribution >= 4 is 33.2 Å². The molecule has 0 saturated carbocycles. The molecule has 29 heavy (non-hydrogen) atoms. The summed E-state index contributed by atoms with van der Waals surface area (Å²) >= 11 is 6.04. The molecule has 0 radical (unpaired) electrons. The molecule has 6 nitrogen and oxygen atoms in total. The fourth-order valence-electron chi connectivity index (χ4n) is 3.32. The van der Waals surface area contributed by atoms with Crippen LogP contribution in [0.25, 0.3) is 0 Å². The van der Waals surface area contributed by atoms with E-state index in [9.17, 15) is 18.3 Å². The Morgan fingerprint density at radius 3 is 2.24 bits per heavy atom. The van der Waals surface area contributed by atoms with Crippen molar-refractivity contribution < 1.29 is 18.3 Å². The van der Waals surface area contributed by atoms with Gasteiger partial charge in [-0.25, -0.2) is 8.42 Å². The summed E-state index contributed by atoms with van der Waals surface area (Å²) in [4.78, 5) is 12.7. The summed E-state index contributed by atoms with van der Waals surface area (Å²) in [6, 6.07) is 13.7. The zero-order valence-corrected chi connectivity index (χ0v) is 18.0. The number of carbonyl (C=O) groups excluding carboxylic acids is 1. The molecular weight excluding hydrogens is 412 g/mol. The van der Waals surface area contributed by atoms with Crippen LogP contribution in [0.3, 0.4) is 0 Å². The number of halogens is 1. The summed E-state index contributed by atoms with van der Waals surface area (Å²) in [5, 5.41) is 13.7. The molecule has 1 aliphatic heterocycles. The maximum Gasteiger partial charge on any atom is 0.256 e. The van der Waals surface area contributed by atoms with E-state index in [1.54, 1.807) is 24.3 Å². The number of hydrogen-bond acceptors (Lipinski definition) is 4. The molecule has 0 aliphatic carbocycles. The third-order valence-corrected chi connectivity index (χ3v) is 7.66. The van der Waals surface area contributed by atoms with Gasteiger partial charge in [0.25, 0.3) is 5.91 Å². The van der Waals surface area contributed by atoms with Gasteiger partial charge in [0.1, 0.15) is 10.5 Å². The summed E-state index contributed by atoms with van der Waals surface area (Å²) < 4.78 is 26.9. The second-order valence-electron chi connectivity index (χ2n) is 7.60. The standard InChI is InChI=1S/C21H25ClN2O4S/c1-15(2)16-7-9-17(10-8-16)23-20(25)21(26)11-13-24(14-12-21)29(27,28)19-6-4-3-5-18(19)22/h3-10,15,26H,11-14H2,1-2H3,(H,23,25). The fraction of sp³-hybridized carbons (Fsp3) is 0.381. The van der Waals surface area contributed by atoms with Crippen molar-refractivity contribution in [2.75, 3.05) is 18.4 Å². The smallest absolute Gasteiger partial charge is 0.256 e. The van der Waals surface area contributed by atoms with E-state index in [0.717, 1.165) is 5.56 Å². The quantitative estimate of drug-likeness (QED) is 0.749. The molecule has 0 aromatic heterocycles. The minimum atomic E-state index is -3.78. The van der Waals surface area contributed by atoms with Crippen molar-refractivity contribution in [2.45, 2.75) is 43.1 Å². The lowest BCUT2D eigenvalue weighted by Crippen LogP contribution is -2.52. The molecule has 0 spiro atoms. The molecular formula is C21H25ClN2O4S. The van der Waals surface area contributed by atoms with Crippen molar-refractivity contribution in [1.29, 1.82) is 0 Å². The average molecular weight is 437 g/mol. The number of carbonyl (C=O) groups is 1. The number of aliphatic hydroxyl groups is 1. The molecule has 3 rings (SSSR count). The molecule has 156 valence electrons. The van der Waals surface area contributed by atoms with Crippen LogP contribution in [0.2, 0.25) is 5.02 Å². The largest absolute Gasteiger partial charge is 0.380 e. The first-order valence-corrected chi connectivity index (χ1v) is 11.3. The molecule has 1 amide bonds. The van der Waals surface area contributed by atoms with Gasteiger partial charge in [-0.2, -0.15) is 4.31 Å². The number of rotatable bonds is 5. The Bertz CT molecular complexity index is 982. The van der Waals surface area contributed by atoms with Crippen LogP contribution in [-0.2, 0) is 14.8 Å². The maximum atomic E-state index is 12.8. The first-order chi connectivity index (χ1) is 13.6. The highest BCUT2D eigenvalue weighted by molar-refractivity contribution is 7.89. The first kappa shape index (κ1) is 21.8. The van der Waals surface area contributed by atoms with Gasteiger partial charge in [0, 0.05) is 18.8 Å². The zero-order valence-electron chi connectivity index (χ0n) is 16.4. The van der Waals surface area contributed by atoms with Gasteiger partial charge >= 0.3 is 0 Å². The van der Waals surface area contributed by atoms with E-state index >= 15 is 0 Å². The molecule has 2 N–H and O–H groups in total. The van der Waals surface area contributed by atoms with Crippen LogP contribution in [0.15, 0.2) is 53.4 Å². The molecule has 1 fully saturated rings. The van der Waals surface area contributed by atoms with Crippen LogP contribution in [0.1, 0.15) is 38.2 Å². The molecule has 8 heteroatoms. The van der Waals surface area contributed by atoms with Crippen LogP contribution >= 0.6 is 11.6 Å². The number of sulfonamides is 1. The number of nitrogens with one attached hydrogen (secondary N) is 1. The summed E-state index contributed by atoms with van der Waals surface area (Å²) in [5.41, 5.74) is 0.127. The Morgan fingerprint density at radius 2 is 1.69 bits per heavy atom. The van der Waals surface area contributed by atoms with Crippen molar-refractivity contribution in [3.8, 4) is 0 Å². The highest BCUT2D eigenvalue weighted by Crippen LogP contribution is 2.30. The molecule has 1 aliphatic rings. The van der Waals surface area contributed by atoms with E-state index < -0.39 is 21.5 Å². The lowest BCUT2D eigenvalue weighted by molar-refractivity contribution is -0.137. The lowest BCUT2D eigenvalue weighted by atomic mass is 9.91. The van der Waals surface area contributed by atoms with Gasteiger partial charge in [-0.05, 0) is 48.6 Å². The third-order valence-electron chi connectivity index (χ3n) is 5.26. The van der Waals surface area contributed by atoms with Gasteiger partial charge in [-0.15, -0.1) is 0 Å².